The Morgan fingerprint density at radius 2 is 2.37 bits per heavy atom. The molecular formula is C15H19ClN2O. The van der Waals surface area contributed by atoms with Gasteiger partial charge in [-0.25, -0.2) is 4.98 Å². The van der Waals surface area contributed by atoms with Crippen LogP contribution in [0.25, 0.3) is 11.0 Å². The van der Waals surface area contributed by atoms with E-state index < -0.39 is 0 Å². The average molecular weight is 279 g/mol. The number of benzene rings is 1. The van der Waals surface area contributed by atoms with E-state index in [0.29, 0.717) is 6.04 Å². The van der Waals surface area contributed by atoms with Gasteiger partial charge in [-0.3, -0.25) is 0 Å². The highest BCUT2D eigenvalue weighted by molar-refractivity contribution is 6.31. The third kappa shape index (κ3) is 2.26. The van der Waals surface area contributed by atoms with E-state index in [1.807, 2.05) is 18.2 Å². The Bertz CT molecular complexity index is 587. The van der Waals surface area contributed by atoms with E-state index in [0.717, 1.165) is 47.7 Å². The first kappa shape index (κ1) is 12.9. The molecule has 1 aromatic carbocycles. The number of hydrogen-bond donors (Lipinski definition) is 0. The molecule has 19 heavy (non-hydrogen) atoms. The predicted octanol–water partition coefficient (Wildman–Crippen LogP) is 4.51. The highest BCUT2D eigenvalue weighted by Crippen LogP contribution is 2.34. The Hall–Kier alpha value is -1.06. The Morgan fingerprint density at radius 3 is 3.05 bits per heavy atom. The van der Waals surface area contributed by atoms with E-state index in [1.54, 1.807) is 0 Å². The lowest BCUT2D eigenvalue weighted by molar-refractivity contribution is 0.101. The van der Waals surface area contributed by atoms with Gasteiger partial charge in [-0.05, 0) is 44.4 Å². The largest absolute Gasteiger partial charge is 0.370 e. The fourth-order valence-electron chi connectivity index (χ4n) is 2.74. The fraction of sp³-hybridized carbons (Fsp3) is 0.533. The molecule has 3 rings (SSSR count). The van der Waals surface area contributed by atoms with E-state index >= 15 is 0 Å². The molecule has 0 amide bonds. The zero-order chi connectivity index (χ0) is 13.4. The van der Waals surface area contributed by atoms with Crippen LogP contribution in [0, 0.1) is 0 Å². The Labute approximate surface area is 118 Å². The lowest BCUT2D eigenvalue weighted by Gasteiger charge is -2.18. The van der Waals surface area contributed by atoms with Gasteiger partial charge in [0.2, 0.25) is 0 Å². The molecule has 0 saturated carbocycles. The maximum atomic E-state index is 6.14. The van der Waals surface area contributed by atoms with E-state index in [-0.39, 0.29) is 6.10 Å². The SMILES string of the molecule is CCC(C)n1c(C2CCCO2)nc2ccc(Cl)cc21. The molecule has 1 aromatic heterocycles. The predicted molar refractivity (Wildman–Crippen MR) is 77.7 cm³/mol. The summed E-state index contributed by atoms with van der Waals surface area (Å²) in [6.45, 7) is 5.26. The van der Waals surface area contributed by atoms with Crippen molar-refractivity contribution in [1.29, 1.82) is 0 Å². The first-order valence-electron chi connectivity index (χ1n) is 6.99. The van der Waals surface area contributed by atoms with Crippen LogP contribution in [-0.4, -0.2) is 16.2 Å². The topological polar surface area (TPSA) is 27.1 Å². The van der Waals surface area contributed by atoms with Gasteiger partial charge in [-0.2, -0.15) is 0 Å². The zero-order valence-electron chi connectivity index (χ0n) is 11.4. The summed E-state index contributed by atoms with van der Waals surface area (Å²) < 4.78 is 8.12. The summed E-state index contributed by atoms with van der Waals surface area (Å²) in [6, 6.07) is 6.31. The summed E-state index contributed by atoms with van der Waals surface area (Å²) >= 11 is 6.14. The van der Waals surface area contributed by atoms with Crippen LogP contribution in [0.4, 0.5) is 0 Å². The molecule has 2 aromatic rings. The first-order valence-corrected chi connectivity index (χ1v) is 7.37. The van der Waals surface area contributed by atoms with Gasteiger partial charge in [0.1, 0.15) is 11.9 Å². The standard InChI is InChI=1S/C15H19ClN2O/c1-3-10(2)18-13-9-11(16)6-7-12(13)17-15(18)14-5-4-8-19-14/h6-7,9-10,14H,3-5,8H2,1-2H3. The van der Waals surface area contributed by atoms with Crippen molar-refractivity contribution in [3.63, 3.8) is 0 Å². The summed E-state index contributed by atoms with van der Waals surface area (Å²) in [5, 5.41) is 0.760. The van der Waals surface area contributed by atoms with Crippen molar-refractivity contribution in [1.82, 2.24) is 9.55 Å². The smallest absolute Gasteiger partial charge is 0.139 e. The first-order chi connectivity index (χ1) is 9.20. The second-order valence-electron chi connectivity index (χ2n) is 5.23. The van der Waals surface area contributed by atoms with Crippen LogP contribution in [0.15, 0.2) is 18.2 Å². The number of fused-ring (bicyclic) bond motifs is 1. The van der Waals surface area contributed by atoms with Gasteiger partial charge in [0.15, 0.2) is 0 Å². The number of imidazole rings is 1. The molecule has 0 bridgehead atoms. The van der Waals surface area contributed by atoms with Gasteiger partial charge in [0, 0.05) is 17.7 Å². The number of aromatic nitrogens is 2. The molecule has 1 aliphatic rings. The maximum absolute atomic E-state index is 6.14. The van der Waals surface area contributed by atoms with Crippen LogP contribution in [-0.2, 0) is 4.74 Å². The quantitative estimate of drug-likeness (QED) is 0.826. The monoisotopic (exact) mass is 278 g/mol. The van der Waals surface area contributed by atoms with Crippen LogP contribution >= 0.6 is 11.6 Å². The minimum atomic E-state index is 0.139. The molecule has 2 unspecified atom stereocenters. The van der Waals surface area contributed by atoms with Gasteiger partial charge < -0.3 is 9.30 Å². The maximum Gasteiger partial charge on any atom is 0.139 e. The van der Waals surface area contributed by atoms with Gasteiger partial charge in [-0.1, -0.05) is 18.5 Å². The van der Waals surface area contributed by atoms with Crippen molar-refractivity contribution in [2.45, 2.75) is 45.3 Å². The number of nitrogens with zero attached hydrogens (tertiary/aromatic N) is 2. The molecule has 102 valence electrons. The Balaban J connectivity index is 2.18. The molecule has 0 N–H and O–H groups in total. The molecule has 2 heterocycles. The molecule has 1 aliphatic heterocycles. The second-order valence-corrected chi connectivity index (χ2v) is 5.67. The number of ether oxygens (including phenoxy) is 1. The van der Waals surface area contributed by atoms with E-state index in [4.69, 9.17) is 21.3 Å². The molecular weight excluding hydrogens is 260 g/mol. The molecule has 1 fully saturated rings. The summed E-state index contributed by atoms with van der Waals surface area (Å²) in [4.78, 5) is 4.78. The minimum Gasteiger partial charge on any atom is -0.370 e. The van der Waals surface area contributed by atoms with E-state index in [2.05, 4.69) is 18.4 Å². The van der Waals surface area contributed by atoms with Gasteiger partial charge in [-0.15, -0.1) is 0 Å². The van der Waals surface area contributed by atoms with Crippen molar-refractivity contribution in [3.8, 4) is 0 Å². The van der Waals surface area contributed by atoms with Crippen LogP contribution < -0.4 is 0 Å². The molecule has 4 heteroatoms. The molecule has 0 aliphatic carbocycles. The van der Waals surface area contributed by atoms with Gasteiger partial charge in [0.05, 0.1) is 11.0 Å². The van der Waals surface area contributed by atoms with E-state index in [1.165, 1.54) is 0 Å². The number of hydrogen-bond acceptors (Lipinski definition) is 2. The van der Waals surface area contributed by atoms with Crippen molar-refractivity contribution < 1.29 is 4.74 Å². The second kappa shape index (κ2) is 5.14. The third-order valence-corrected chi connectivity index (χ3v) is 4.16. The fourth-order valence-corrected chi connectivity index (χ4v) is 2.91. The average Bonchev–Trinajstić information content (AvgIpc) is 3.03. The molecule has 0 spiro atoms. The van der Waals surface area contributed by atoms with Crippen molar-refractivity contribution in [3.05, 3.63) is 29.0 Å². The van der Waals surface area contributed by atoms with Crippen LogP contribution in [0.2, 0.25) is 5.02 Å². The normalized spacial score (nSPS) is 21.1. The van der Waals surface area contributed by atoms with Crippen LogP contribution in [0.3, 0.4) is 0 Å². The number of rotatable bonds is 3. The van der Waals surface area contributed by atoms with Crippen molar-refractivity contribution >= 4 is 22.6 Å². The van der Waals surface area contributed by atoms with Gasteiger partial charge in [0.25, 0.3) is 0 Å². The summed E-state index contributed by atoms with van der Waals surface area (Å²) in [6.07, 6.45) is 3.39. The van der Waals surface area contributed by atoms with Crippen LogP contribution in [0.5, 0.6) is 0 Å². The van der Waals surface area contributed by atoms with Crippen molar-refractivity contribution in [2.24, 2.45) is 0 Å². The summed E-state index contributed by atoms with van der Waals surface area (Å²) in [7, 11) is 0. The minimum absolute atomic E-state index is 0.139. The Morgan fingerprint density at radius 1 is 1.53 bits per heavy atom. The van der Waals surface area contributed by atoms with E-state index in [9.17, 15) is 0 Å². The highest BCUT2D eigenvalue weighted by Gasteiger charge is 2.26. The molecule has 2 atom stereocenters. The Kier molecular flexibility index (Phi) is 3.50. The van der Waals surface area contributed by atoms with Crippen molar-refractivity contribution in [2.75, 3.05) is 6.61 Å². The lowest BCUT2D eigenvalue weighted by Crippen LogP contribution is -2.12. The number of halogens is 1. The molecule has 1 saturated heterocycles. The molecule has 0 radical (unpaired) electrons. The van der Waals surface area contributed by atoms with Gasteiger partial charge >= 0.3 is 0 Å². The molecule has 3 nitrogen and oxygen atoms in total. The lowest BCUT2D eigenvalue weighted by atomic mass is 10.2. The third-order valence-electron chi connectivity index (χ3n) is 3.93. The zero-order valence-corrected chi connectivity index (χ0v) is 12.2. The van der Waals surface area contributed by atoms with Crippen LogP contribution in [0.1, 0.15) is 51.1 Å². The summed E-state index contributed by atoms with van der Waals surface area (Å²) in [5.41, 5.74) is 2.13. The summed E-state index contributed by atoms with van der Waals surface area (Å²) in [5.74, 6) is 1.06. The highest BCUT2D eigenvalue weighted by atomic mass is 35.5.